The second kappa shape index (κ2) is 5.89. The summed E-state index contributed by atoms with van der Waals surface area (Å²) in [5.41, 5.74) is 1.63. The van der Waals surface area contributed by atoms with Gasteiger partial charge in [-0.2, -0.15) is 0 Å². The van der Waals surface area contributed by atoms with Crippen molar-refractivity contribution < 1.29 is 4.42 Å². The minimum atomic E-state index is 0.367. The zero-order valence-electron chi connectivity index (χ0n) is 11.9. The molecule has 0 bridgehead atoms. The Bertz CT molecular complexity index is 339. The summed E-state index contributed by atoms with van der Waals surface area (Å²) >= 11 is 0. The van der Waals surface area contributed by atoms with E-state index in [1.54, 1.807) is 6.26 Å². The molecule has 0 amide bonds. The third-order valence-electron chi connectivity index (χ3n) is 4.11. The van der Waals surface area contributed by atoms with Crippen molar-refractivity contribution in [3.63, 3.8) is 0 Å². The highest BCUT2D eigenvalue weighted by Crippen LogP contribution is 2.32. The molecule has 1 aromatic rings. The predicted octanol–water partition coefficient (Wildman–Crippen LogP) is 2.74. The van der Waals surface area contributed by atoms with E-state index in [2.05, 4.69) is 31.1 Å². The van der Waals surface area contributed by atoms with Crippen LogP contribution in [0.2, 0.25) is 0 Å². The van der Waals surface area contributed by atoms with Crippen LogP contribution in [0.1, 0.15) is 32.3 Å². The van der Waals surface area contributed by atoms with Crippen LogP contribution < -0.4 is 5.32 Å². The molecule has 0 aliphatic carbocycles. The van der Waals surface area contributed by atoms with Gasteiger partial charge in [0, 0.05) is 18.7 Å². The molecule has 1 saturated heterocycles. The third kappa shape index (κ3) is 3.59. The van der Waals surface area contributed by atoms with E-state index in [9.17, 15) is 0 Å². The lowest BCUT2D eigenvalue weighted by Crippen LogP contribution is -2.43. The van der Waals surface area contributed by atoms with Crippen molar-refractivity contribution in [2.75, 3.05) is 26.7 Å². The van der Waals surface area contributed by atoms with Crippen molar-refractivity contribution in [1.29, 1.82) is 0 Å². The van der Waals surface area contributed by atoms with Crippen LogP contribution in [0.5, 0.6) is 0 Å². The topological polar surface area (TPSA) is 28.4 Å². The van der Waals surface area contributed by atoms with E-state index in [1.165, 1.54) is 31.5 Å². The van der Waals surface area contributed by atoms with Crippen LogP contribution in [0.25, 0.3) is 0 Å². The maximum absolute atomic E-state index is 5.13. The fourth-order valence-corrected chi connectivity index (χ4v) is 3.09. The summed E-state index contributed by atoms with van der Waals surface area (Å²) in [6.07, 6.45) is 6.27. The molecule has 1 aliphatic heterocycles. The fourth-order valence-electron chi connectivity index (χ4n) is 3.09. The van der Waals surface area contributed by atoms with E-state index < -0.39 is 0 Å². The summed E-state index contributed by atoms with van der Waals surface area (Å²) in [5.74, 6) is 0.790. The SMILES string of the molecule is CN(Cc1ccoc1)CC(C)(C)C1CCCNC1. The van der Waals surface area contributed by atoms with Gasteiger partial charge in [0.2, 0.25) is 0 Å². The molecule has 3 nitrogen and oxygen atoms in total. The Labute approximate surface area is 111 Å². The molecule has 1 aliphatic rings. The second-order valence-electron chi connectivity index (χ2n) is 6.34. The maximum Gasteiger partial charge on any atom is 0.0947 e. The lowest BCUT2D eigenvalue weighted by molar-refractivity contribution is 0.111. The molecule has 1 N–H and O–H groups in total. The average molecular weight is 250 g/mol. The third-order valence-corrected chi connectivity index (χ3v) is 4.11. The van der Waals surface area contributed by atoms with Gasteiger partial charge < -0.3 is 14.6 Å². The highest BCUT2D eigenvalue weighted by molar-refractivity contribution is 5.04. The summed E-state index contributed by atoms with van der Waals surface area (Å²) in [6, 6.07) is 2.05. The molecule has 0 aromatic carbocycles. The zero-order chi connectivity index (χ0) is 13.0. The van der Waals surface area contributed by atoms with Crippen LogP contribution in [0.3, 0.4) is 0 Å². The highest BCUT2D eigenvalue weighted by Gasteiger charge is 2.31. The van der Waals surface area contributed by atoms with Crippen molar-refractivity contribution in [2.45, 2.75) is 33.2 Å². The first-order chi connectivity index (χ1) is 8.58. The van der Waals surface area contributed by atoms with Crippen LogP contribution in [-0.2, 0) is 6.54 Å². The molecule has 2 heterocycles. The van der Waals surface area contributed by atoms with E-state index in [0.29, 0.717) is 5.41 Å². The Kier molecular flexibility index (Phi) is 4.46. The number of piperidine rings is 1. The van der Waals surface area contributed by atoms with Crippen LogP contribution in [0, 0.1) is 11.3 Å². The smallest absolute Gasteiger partial charge is 0.0947 e. The average Bonchev–Trinajstić information content (AvgIpc) is 2.82. The van der Waals surface area contributed by atoms with Gasteiger partial charge >= 0.3 is 0 Å². The van der Waals surface area contributed by atoms with Gasteiger partial charge in [-0.05, 0) is 50.4 Å². The Balaban J connectivity index is 1.86. The highest BCUT2D eigenvalue weighted by atomic mass is 16.3. The van der Waals surface area contributed by atoms with Gasteiger partial charge in [0.05, 0.1) is 12.5 Å². The molecule has 3 heteroatoms. The fraction of sp³-hybridized carbons (Fsp3) is 0.733. The standard InChI is InChI=1S/C15H26N2O/c1-15(2,14-5-4-7-16-9-14)12-17(3)10-13-6-8-18-11-13/h6,8,11,14,16H,4-5,7,9-10,12H2,1-3H3. The van der Waals surface area contributed by atoms with Crippen LogP contribution >= 0.6 is 0 Å². The molecule has 1 atom stereocenters. The summed E-state index contributed by atoms with van der Waals surface area (Å²) in [4.78, 5) is 2.40. The van der Waals surface area contributed by atoms with Crippen molar-refractivity contribution in [3.05, 3.63) is 24.2 Å². The van der Waals surface area contributed by atoms with E-state index in [0.717, 1.165) is 19.0 Å². The van der Waals surface area contributed by atoms with Crippen LogP contribution in [-0.4, -0.2) is 31.6 Å². The quantitative estimate of drug-likeness (QED) is 0.871. The van der Waals surface area contributed by atoms with Gasteiger partial charge in [-0.3, -0.25) is 0 Å². The number of rotatable bonds is 5. The van der Waals surface area contributed by atoms with E-state index in [4.69, 9.17) is 4.42 Å². The Hall–Kier alpha value is -0.800. The summed E-state index contributed by atoms with van der Waals surface area (Å²) in [5, 5.41) is 3.53. The normalized spacial score (nSPS) is 21.4. The summed E-state index contributed by atoms with van der Waals surface area (Å²) in [7, 11) is 2.20. The lowest BCUT2D eigenvalue weighted by Gasteiger charge is -2.39. The van der Waals surface area contributed by atoms with E-state index in [-0.39, 0.29) is 0 Å². The summed E-state index contributed by atoms with van der Waals surface area (Å²) in [6.45, 7) is 9.27. The van der Waals surface area contributed by atoms with Gasteiger partial charge in [-0.1, -0.05) is 13.8 Å². The maximum atomic E-state index is 5.13. The van der Waals surface area contributed by atoms with Crippen molar-refractivity contribution in [3.8, 4) is 0 Å². The second-order valence-corrected chi connectivity index (χ2v) is 6.34. The van der Waals surface area contributed by atoms with Crippen molar-refractivity contribution in [1.82, 2.24) is 10.2 Å². The van der Waals surface area contributed by atoms with Crippen molar-refractivity contribution >= 4 is 0 Å². The summed E-state index contributed by atoms with van der Waals surface area (Å²) < 4.78 is 5.13. The van der Waals surface area contributed by atoms with Crippen LogP contribution in [0.15, 0.2) is 23.0 Å². The molecule has 1 unspecified atom stereocenters. The molecular weight excluding hydrogens is 224 g/mol. The monoisotopic (exact) mass is 250 g/mol. The number of hydrogen-bond donors (Lipinski definition) is 1. The van der Waals surface area contributed by atoms with Crippen LogP contribution in [0.4, 0.5) is 0 Å². The van der Waals surface area contributed by atoms with E-state index in [1.807, 2.05) is 12.3 Å². The number of nitrogens with one attached hydrogen (secondary N) is 1. The first-order valence-electron chi connectivity index (χ1n) is 6.98. The van der Waals surface area contributed by atoms with E-state index >= 15 is 0 Å². The van der Waals surface area contributed by atoms with Gasteiger partial charge in [-0.15, -0.1) is 0 Å². The Morgan fingerprint density at radius 1 is 1.50 bits per heavy atom. The van der Waals surface area contributed by atoms with Crippen molar-refractivity contribution in [2.24, 2.45) is 11.3 Å². The zero-order valence-corrected chi connectivity index (χ0v) is 11.9. The van der Waals surface area contributed by atoms with Gasteiger partial charge in [-0.25, -0.2) is 0 Å². The Morgan fingerprint density at radius 2 is 2.33 bits per heavy atom. The molecule has 1 aromatic heterocycles. The van der Waals surface area contributed by atoms with Gasteiger partial charge in [0.15, 0.2) is 0 Å². The first-order valence-corrected chi connectivity index (χ1v) is 6.98. The molecule has 18 heavy (non-hydrogen) atoms. The predicted molar refractivity (Wildman–Crippen MR) is 74.4 cm³/mol. The molecule has 0 radical (unpaired) electrons. The molecule has 0 saturated carbocycles. The Morgan fingerprint density at radius 3 is 2.94 bits per heavy atom. The molecule has 102 valence electrons. The number of furan rings is 1. The molecule has 2 rings (SSSR count). The lowest BCUT2D eigenvalue weighted by atomic mass is 9.74. The molecule has 0 spiro atoms. The minimum absolute atomic E-state index is 0.367. The largest absolute Gasteiger partial charge is 0.472 e. The number of nitrogens with zero attached hydrogens (tertiary/aromatic N) is 1. The minimum Gasteiger partial charge on any atom is -0.472 e. The molecular formula is C15H26N2O. The first kappa shape index (κ1) is 13.6. The van der Waals surface area contributed by atoms with Gasteiger partial charge in [0.25, 0.3) is 0 Å². The molecule has 1 fully saturated rings. The number of hydrogen-bond acceptors (Lipinski definition) is 3. The van der Waals surface area contributed by atoms with Gasteiger partial charge in [0.1, 0.15) is 0 Å².